The Morgan fingerprint density at radius 3 is 2.43 bits per heavy atom. The van der Waals surface area contributed by atoms with Gasteiger partial charge in [0, 0.05) is 10.5 Å². The molecule has 0 amide bonds. The molecule has 0 heterocycles. The van der Waals surface area contributed by atoms with Crippen LogP contribution in [0.15, 0.2) is 46.9 Å². The van der Waals surface area contributed by atoms with E-state index in [1.807, 2.05) is 44.2 Å². The molecule has 4 heteroatoms. The molecule has 0 bridgehead atoms. The van der Waals surface area contributed by atoms with E-state index >= 15 is 0 Å². The molecule has 3 nitrogen and oxygen atoms in total. The summed E-state index contributed by atoms with van der Waals surface area (Å²) >= 11 is 3.42. The van der Waals surface area contributed by atoms with Crippen molar-refractivity contribution in [1.29, 1.82) is 5.26 Å². The molecular weight excluding hydrogens is 328 g/mol. The lowest BCUT2D eigenvalue weighted by Crippen LogP contribution is -2.29. The lowest BCUT2D eigenvalue weighted by Gasteiger charge is -2.24. The van der Waals surface area contributed by atoms with Crippen LogP contribution in [-0.4, -0.2) is 6.04 Å². The van der Waals surface area contributed by atoms with Gasteiger partial charge >= 0.3 is 0 Å². The number of nitriles is 1. The van der Waals surface area contributed by atoms with Gasteiger partial charge in [-0.3, -0.25) is 0 Å². The molecule has 0 aliphatic carbocycles. The standard InChI is InChI=1S/C17H17BrN2O/c1-11-3-4-13(10-19)9-16(11)21-17(12(2)20)14-5-7-15(18)8-6-14/h3-9,12,17H,20H2,1-2H3. The van der Waals surface area contributed by atoms with E-state index in [1.54, 1.807) is 12.1 Å². The quantitative estimate of drug-likeness (QED) is 0.908. The highest BCUT2D eigenvalue weighted by atomic mass is 79.9. The maximum atomic E-state index is 9.01. The minimum Gasteiger partial charge on any atom is -0.484 e. The summed E-state index contributed by atoms with van der Waals surface area (Å²) in [6, 6.07) is 15.3. The molecule has 0 spiro atoms. The van der Waals surface area contributed by atoms with Crippen LogP contribution in [0.1, 0.15) is 29.7 Å². The normalized spacial score (nSPS) is 13.3. The first-order valence-electron chi connectivity index (χ1n) is 6.69. The molecule has 0 fully saturated rings. The molecule has 0 radical (unpaired) electrons. The summed E-state index contributed by atoms with van der Waals surface area (Å²) in [5, 5.41) is 9.01. The third-order valence-electron chi connectivity index (χ3n) is 3.25. The van der Waals surface area contributed by atoms with Gasteiger partial charge in [0.1, 0.15) is 11.9 Å². The summed E-state index contributed by atoms with van der Waals surface area (Å²) in [5.74, 6) is 0.694. The fourth-order valence-corrected chi connectivity index (χ4v) is 2.33. The molecule has 2 rings (SSSR count). The van der Waals surface area contributed by atoms with Crippen molar-refractivity contribution >= 4 is 15.9 Å². The average Bonchev–Trinajstić information content (AvgIpc) is 2.47. The van der Waals surface area contributed by atoms with Crippen molar-refractivity contribution in [1.82, 2.24) is 0 Å². The molecular formula is C17H17BrN2O. The van der Waals surface area contributed by atoms with Crippen molar-refractivity contribution in [3.05, 3.63) is 63.6 Å². The van der Waals surface area contributed by atoms with Crippen molar-refractivity contribution < 1.29 is 4.74 Å². The summed E-state index contributed by atoms with van der Waals surface area (Å²) in [4.78, 5) is 0. The van der Waals surface area contributed by atoms with Crippen molar-refractivity contribution in [3.8, 4) is 11.8 Å². The third kappa shape index (κ3) is 3.84. The lowest BCUT2D eigenvalue weighted by atomic mass is 10.0. The Morgan fingerprint density at radius 2 is 1.86 bits per heavy atom. The van der Waals surface area contributed by atoms with Gasteiger partial charge in [-0.2, -0.15) is 5.26 Å². The Kier molecular flexibility index (Phi) is 5.00. The zero-order chi connectivity index (χ0) is 15.4. The van der Waals surface area contributed by atoms with Crippen molar-refractivity contribution in [2.45, 2.75) is 26.0 Å². The van der Waals surface area contributed by atoms with Gasteiger partial charge in [0.05, 0.1) is 11.6 Å². The van der Waals surface area contributed by atoms with Crippen LogP contribution in [0, 0.1) is 18.3 Å². The SMILES string of the molecule is Cc1ccc(C#N)cc1OC(c1ccc(Br)cc1)C(C)N. The molecule has 2 aromatic carbocycles. The largest absolute Gasteiger partial charge is 0.484 e. The number of hydrogen-bond donors (Lipinski definition) is 1. The van der Waals surface area contributed by atoms with E-state index < -0.39 is 0 Å². The van der Waals surface area contributed by atoms with Gasteiger partial charge in [-0.15, -0.1) is 0 Å². The average molecular weight is 345 g/mol. The Morgan fingerprint density at radius 1 is 1.19 bits per heavy atom. The summed E-state index contributed by atoms with van der Waals surface area (Å²) in [5.41, 5.74) is 8.64. The van der Waals surface area contributed by atoms with E-state index in [2.05, 4.69) is 22.0 Å². The Balaban J connectivity index is 2.33. The van der Waals surface area contributed by atoms with E-state index in [-0.39, 0.29) is 12.1 Å². The molecule has 21 heavy (non-hydrogen) atoms. The van der Waals surface area contributed by atoms with Gasteiger partial charge in [0.15, 0.2) is 0 Å². The van der Waals surface area contributed by atoms with E-state index in [0.29, 0.717) is 11.3 Å². The lowest BCUT2D eigenvalue weighted by molar-refractivity contribution is 0.179. The maximum Gasteiger partial charge on any atom is 0.138 e. The molecule has 0 saturated heterocycles. The van der Waals surface area contributed by atoms with E-state index in [4.69, 9.17) is 15.7 Å². The maximum absolute atomic E-state index is 9.01. The van der Waals surface area contributed by atoms with Crippen LogP contribution >= 0.6 is 15.9 Å². The van der Waals surface area contributed by atoms with Gasteiger partial charge in [-0.1, -0.05) is 34.1 Å². The number of rotatable bonds is 4. The summed E-state index contributed by atoms with van der Waals surface area (Å²) in [6.45, 7) is 3.87. The molecule has 108 valence electrons. The molecule has 0 aliphatic heterocycles. The molecule has 2 aromatic rings. The number of hydrogen-bond acceptors (Lipinski definition) is 3. The molecule has 2 N–H and O–H groups in total. The molecule has 2 unspecified atom stereocenters. The van der Waals surface area contributed by atoms with Crippen LogP contribution in [0.4, 0.5) is 0 Å². The van der Waals surface area contributed by atoms with Crippen LogP contribution in [0.2, 0.25) is 0 Å². The number of aryl methyl sites for hydroxylation is 1. The topological polar surface area (TPSA) is 59.0 Å². The summed E-state index contributed by atoms with van der Waals surface area (Å²) < 4.78 is 7.10. The Bertz CT molecular complexity index is 659. The second kappa shape index (κ2) is 6.75. The first kappa shape index (κ1) is 15.6. The summed E-state index contributed by atoms with van der Waals surface area (Å²) in [7, 11) is 0. The second-order valence-corrected chi connectivity index (χ2v) is 5.96. The number of nitrogens with zero attached hydrogens (tertiary/aromatic N) is 1. The van der Waals surface area contributed by atoms with Crippen LogP contribution in [-0.2, 0) is 0 Å². The first-order chi connectivity index (χ1) is 10.0. The van der Waals surface area contributed by atoms with Gasteiger partial charge in [0.25, 0.3) is 0 Å². The minimum absolute atomic E-state index is 0.170. The van der Waals surface area contributed by atoms with E-state index in [9.17, 15) is 0 Å². The van der Waals surface area contributed by atoms with Crippen LogP contribution in [0.3, 0.4) is 0 Å². The Labute approximate surface area is 133 Å². The number of halogens is 1. The first-order valence-corrected chi connectivity index (χ1v) is 7.49. The highest BCUT2D eigenvalue weighted by Gasteiger charge is 2.19. The van der Waals surface area contributed by atoms with Crippen molar-refractivity contribution in [2.75, 3.05) is 0 Å². The van der Waals surface area contributed by atoms with Crippen LogP contribution < -0.4 is 10.5 Å². The van der Waals surface area contributed by atoms with Crippen molar-refractivity contribution in [3.63, 3.8) is 0 Å². The third-order valence-corrected chi connectivity index (χ3v) is 3.78. The zero-order valence-corrected chi connectivity index (χ0v) is 13.6. The van der Waals surface area contributed by atoms with E-state index in [0.717, 1.165) is 15.6 Å². The minimum atomic E-state index is -0.259. The van der Waals surface area contributed by atoms with Gasteiger partial charge in [-0.25, -0.2) is 0 Å². The highest BCUT2D eigenvalue weighted by Crippen LogP contribution is 2.28. The van der Waals surface area contributed by atoms with Gasteiger partial charge < -0.3 is 10.5 Å². The van der Waals surface area contributed by atoms with Gasteiger partial charge in [-0.05, 0) is 49.2 Å². The number of ether oxygens (including phenoxy) is 1. The molecule has 0 aromatic heterocycles. The fraction of sp³-hybridized carbons (Fsp3) is 0.235. The Hall–Kier alpha value is -1.83. The van der Waals surface area contributed by atoms with Crippen molar-refractivity contribution in [2.24, 2.45) is 5.73 Å². The number of nitrogens with two attached hydrogens (primary N) is 1. The smallest absolute Gasteiger partial charge is 0.138 e. The second-order valence-electron chi connectivity index (χ2n) is 5.04. The molecule has 0 saturated carbocycles. The summed E-state index contributed by atoms with van der Waals surface area (Å²) in [6.07, 6.45) is -0.259. The monoisotopic (exact) mass is 344 g/mol. The van der Waals surface area contributed by atoms with Gasteiger partial charge in [0.2, 0.25) is 0 Å². The highest BCUT2D eigenvalue weighted by molar-refractivity contribution is 9.10. The fourth-order valence-electron chi connectivity index (χ4n) is 2.06. The predicted octanol–water partition coefficient (Wildman–Crippen LogP) is 4.10. The molecule has 2 atom stereocenters. The zero-order valence-electron chi connectivity index (χ0n) is 12.0. The predicted molar refractivity (Wildman–Crippen MR) is 87.1 cm³/mol. The van der Waals surface area contributed by atoms with E-state index in [1.165, 1.54) is 0 Å². The van der Waals surface area contributed by atoms with Crippen LogP contribution in [0.5, 0.6) is 5.75 Å². The number of benzene rings is 2. The van der Waals surface area contributed by atoms with Crippen LogP contribution in [0.25, 0.3) is 0 Å². The molecule has 0 aliphatic rings.